The number of aromatic nitrogens is 2. The second-order valence-electron chi connectivity index (χ2n) is 9.17. The lowest BCUT2D eigenvalue weighted by Crippen LogP contribution is -2.22. The molecule has 3 aromatic rings. The van der Waals surface area contributed by atoms with Gasteiger partial charge in [-0.3, -0.25) is 0 Å². The number of benzene rings is 2. The molecule has 0 radical (unpaired) electrons. The van der Waals surface area contributed by atoms with Crippen LogP contribution in [-0.2, 0) is 22.7 Å². The number of hydrogen-bond donors (Lipinski definition) is 1. The minimum absolute atomic E-state index is 0.452. The molecule has 2 aliphatic rings. The highest BCUT2D eigenvalue weighted by atomic mass is 16.5. The third-order valence-electron chi connectivity index (χ3n) is 6.39. The highest BCUT2D eigenvalue weighted by molar-refractivity contribution is 5.63. The van der Waals surface area contributed by atoms with Gasteiger partial charge in [0.25, 0.3) is 0 Å². The van der Waals surface area contributed by atoms with Crippen molar-refractivity contribution in [2.24, 2.45) is 0 Å². The molecule has 2 aliphatic heterocycles. The Balaban J connectivity index is 1.33. The van der Waals surface area contributed by atoms with E-state index in [0.29, 0.717) is 39.0 Å². The Morgan fingerprint density at radius 1 is 0.944 bits per heavy atom. The Kier molecular flexibility index (Phi) is 8.57. The van der Waals surface area contributed by atoms with Crippen LogP contribution < -0.4 is 10.1 Å². The molecule has 36 heavy (non-hydrogen) atoms. The molecule has 7 heteroatoms. The summed E-state index contributed by atoms with van der Waals surface area (Å²) in [5.41, 5.74) is 4.89. The van der Waals surface area contributed by atoms with E-state index in [2.05, 4.69) is 39.5 Å². The van der Waals surface area contributed by atoms with Crippen LogP contribution >= 0.6 is 0 Å². The SMILES string of the molecule is C1=C/COCc2cc(ccc2OCCCN2CCCC2)Nc2nccc(n2)-c2cccc(c2)COC/1. The quantitative estimate of drug-likeness (QED) is 0.385. The number of anilines is 2. The largest absolute Gasteiger partial charge is 0.493 e. The normalized spacial score (nSPS) is 17.6. The van der Waals surface area contributed by atoms with E-state index >= 15 is 0 Å². The number of nitrogens with one attached hydrogen (secondary N) is 1. The van der Waals surface area contributed by atoms with Crippen LogP contribution in [0.3, 0.4) is 0 Å². The summed E-state index contributed by atoms with van der Waals surface area (Å²) in [4.78, 5) is 11.7. The van der Waals surface area contributed by atoms with Crippen molar-refractivity contribution < 1.29 is 14.2 Å². The van der Waals surface area contributed by atoms with Crippen molar-refractivity contribution in [2.75, 3.05) is 44.8 Å². The maximum absolute atomic E-state index is 6.18. The van der Waals surface area contributed by atoms with Gasteiger partial charge in [0.05, 0.1) is 38.7 Å². The number of fused-ring (bicyclic) bond motifs is 7. The number of rotatable bonds is 5. The molecule has 7 nitrogen and oxygen atoms in total. The van der Waals surface area contributed by atoms with Gasteiger partial charge in [-0.15, -0.1) is 0 Å². The fourth-order valence-electron chi connectivity index (χ4n) is 4.53. The molecule has 0 aliphatic carbocycles. The summed E-state index contributed by atoms with van der Waals surface area (Å²) in [7, 11) is 0. The van der Waals surface area contributed by atoms with Crippen LogP contribution in [-0.4, -0.2) is 54.3 Å². The van der Waals surface area contributed by atoms with Crippen molar-refractivity contribution in [1.29, 1.82) is 0 Å². The zero-order chi connectivity index (χ0) is 24.4. The van der Waals surface area contributed by atoms with E-state index in [4.69, 9.17) is 19.2 Å². The Hall–Kier alpha value is -3.26. The van der Waals surface area contributed by atoms with Gasteiger partial charge in [0.2, 0.25) is 5.95 Å². The third-order valence-corrected chi connectivity index (χ3v) is 6.39. The fraction of sp³-hybridized carbons (Fsp3) is 0.379. The first-order valence-corrected chi connectivity index (χ1v) is 12.8. The van der Waals surface area contributed by atoms with Crippen LogP contribution in [0.25, 0.3) is 11.3 Å². The van der Waals surface area contributed by atoms with Crippen molar-refractivity contribution in [1.82, 2.24) is 14.9 Å². The monoisotopic (exact) mass is 486 g/mol. The van der Waals surface area contributed by atoms with Crippen molar-refractivity contribution in [3.8, 4) is 17.0 Å². The predicted octanol–water partition coefficient (Wildman–Crippen LogP) is 5.35. The smallest absolute Gasteiger partial charge is 0.227 e. The van der Waals surface area contributed by atoms with E-state index in [1.54, 1.807) is 6.20 Å². The topological polar surface area (TPSA) is 68.7 Å². The van der Waals surface area contributed by atoms with E-state index in [1.807, 2.05) is 36.4 Å². The molecule has 188 valence electrons. The Labute approximate surface area is 213 Å². The molecule has 0 spiro atoms. The average Bonchev–Trinajstić information content (AvgIpc) is 3.43. The summed E-state index contributed by atoms with van der Waals surface area (Å²) in [6.45, 7) is 6.25. The predicted molar refractivity (Wildman–Crippen MR) is 141 cm³/mol. The molecule has 0 saturated carbocycles. The molecule has 2 aromatic carbocycles. The molecule has 3 heterocycles. The minimum atomic E-state index is 0.452. The van der Waals surface area contributed by atoms with Crippen LogP contribution in [0.4, 0.5) is 11.6 Å². The van der Waals surface area contributed by atoms with Gasteiger partial charge < -0.3 is 24.4 Å². The first-order valence-electron chi connectivity index (χ1n) is 12.8. The van der Waals surface area contributed by atoms with Crippen molar-refractivity contribution in [3.63, 3.8) is 0 Å². The molecule has 0 unspecified atom stereocenters. The van der Waals surface area contributed by atoms with Gasteiger partial charge in [0, 0.05) is 29.6 Å². The van der Waals surface area contributed by atoms with Crippen LogP contribution in [0, 0.1) is 0 Å². The molecule has 0 amide bonds. The second-order valence-corrected chi connectivity index (χ2v) is 9.17. The van der Waals surface area contributed by atoms with Crippen LogP contribution in [0.1, 0.15) is 30.4 Å². The highest BCUT2D eigenvalue weighted by Gasteiger charge is 2.12. The summed E-state index contributed by atoms with van der Waals surface area (Å²) >= 11 is 0. The second kappa shape index (κ2) is 12.6. The van der Waals surface area contributed by atoms with E-state index < -0.39 is 0 Å². The molecule has 1 N–H and O–H groups in total. The Morgan fingerprint density at radius 3 is 2.69 bits per heavy atom. The molecule has 0 atom stereocenters. The van der Waals surface area contributed by atoms with Crippen LogP contribution in [0.15, 0.2) is 66.9 Å². The standard InChI is InChI=1S/C29H34N4O3/c1-2-14-33(13-1)15-6-18-36-28-10-9-26-20-25(28)22-35-17-4-3-16-34-21-23-7-5-8-24(19-23)27-11-12-30-29(31-26)32-27/h3-5,7-12,19-20H,1-2,6,13-18,21-22H2,(H,30,31,32)/b4-3+. The van der Waals surface area contributed by atoms with Crippen molar-refractivity contribution in [3.05, 3.63) is 78.0 Å². The van der Waals surface area contributed by atoms with E-state index in [1.165, 1.54) is 25.9 Å². The average molecular weight is 487 g/mol. The highest BCUT2D eigenvalue weighted by Crippen LogP contribution is 2.27. The zero-order valence-electron chi connectivity index (χ0n) is 20.7. The fourth-order valence-corrected chi connectivity index (χ4v) is 4.53. The number of nitrogens with zero attached hydrogens (tertiary/aromatic N) is 3. The van der Waals surface area contributed by atoms with Gasteiger partial charge in [-0.2, -0.15) is 0 Å². The molecule has 5 rings (SSSR count). The number of likely N-dealkylation sites (tertiary alicyclic amines) is 1. The first-order chi connectivity index (χ1) is 17.8. The van der Waals surface area contributed by atoms with Crippen molar-refractivity contribution in [2.45, 2.75) is 32.5 Å². The van der Waals surface area contributed by atoms with Crippen molar-refractivity contribution >= 4 is 11.6 Å². The van der Waals surface area contributed by atoms with Gasteiger partial charge >= 0.3 is 0 Å². The summed E-state index contributed by atoms with van der Waals surface area (Å²) in [6.07, 6.45) is 9.42. The molecule has 1 aromatic heterocycles. The van der Waals surface area contributed by atoms with E-state index in [0.717, 1.165) is 46.8 Å². The third kappa shape index (κ3) is 6.91. The maximum Gasteiger partial charge on any atom is 0.227 e. The van der Waals surface area contributed by atoms with Gasteiger partial charge in [0.15, 0.2) is 0 Å². The van der Waals surface area contributed by atoms with Gasteiger partial charge in [-0.05, 0) is 68.2 Å². The molecule has 6 bridgehead atoms. The summed E-state index contributed by atoms with van der Waals surface area (Å²) < 4.78 is 17.9. The minimum Gasteiger partial charge on any atom is -0.493 e. The maximum atomic E-state index is 6.18. The summed E-state index contributed by atoms with van der Waals surface area (Å²) in [5, 5.41) is 3.35. The molecule has 1 fully saturated rings. The Bertz CT molecular complexity index is 1160. The lowest BCUT2D eigenvalue weighted by atomic mass is 10.1. The van der Waals surface area contributed by atoms with Crippen LogP contribution in [0.5, 0.6) is 5.75 Å². The molecular formula is C29H34N4O3. The van der Waals surface area contributed by atoms with Gasteiger partial charge in [-0.1, -0.05) is 30.4 Å². The van der Waals surface area contributed by atoms with Gasteiger partial charge in [-0.25, -0.2) is 9.97 Å². The summed E-state index contributed by atoms with van der Waals surface area (Å²) in [5.74, 6) is 1.40. The lowest BCUT2D eigenvalue weighted by molar-refractivity contribution is 0.138. The molecular weight excluding hydrogens is 452 g/mol. The first kappa shape index (κ1) is 24.4. The molecule has 1 saturated heterocycles. The van der Waals surface area contributed by atoms with Gasteiger partial charge in [0.1, 0.15) is 5.75 Å². The summed E-state index contributed by atoms with van der Waals surface area (Å²) in [6, 6.07) is 16.2. The van der Waals surface area contributed by atoms with E-state index in [-0.39, 0.29) is 0 Å². The number of hydrogen-bond acceptors (Lipinski definition) is 7. The zero-order valence-corrected chi connectivity index (χ0v) is 20.7. The number of ether oxygens (including phenoxy) is 3. The Morgan fingerprint density at radius 2 is 1.81 bits per heavy atom. The van der Waals surface area contributed by atoms with E-state index in [9.17, 15) is 0 Å². The lowest BCUT2D eigenvalue weighted by Gasteiger charge is -2.16. The van der Waals surface area contributed by atoms with Crippen LogP contribution in [0.2, 0.25) is 0 Å².